The van der Waals surface area contributed by atoms with Gasteiger partial charge in [0.15, 0.2) is 11.6 Å². The number of benzene rings is 2. The first kappa shape index (κ1) is 22.1. The maximum Gasteiger partial charge on any atom is 0.416 e. The zero-order valence-electron chi connectivity index (χ0n) is 17.3. The summed E-state index contributed by atoms with van der Waals surface area (Å²) in [5.74, 6) is -0.587. The SMILES string of the molecule is Nc1ncc(-c2ccc(CN3CCCC3)cc2)cc1OCc1cc(F)ccc1C(F)(F)F. The minimum atomic E-state index is -4.62. The number of hydrogen-bond acceptors (Lipinski definition) is 4. The van der Waals surface area contributed by atoms with Crippen molar-refractivity contribution in [2.75, 3.05) is 18.8 Å². The largest absolute Gasteiger partial charge is 0.485 e. The van der Waals surface area contributed by atoms with Crippen LogP contribution in [-0.4, -0.2) is 23.0 Å². The number of anilines is 1. The Morgan fingerprint density at radius 2 is 1.69 bits per heavy atom. The van der Waals surface area contributed by atoms with E-state index < -0.39 is 24.2 Å². The number of ether oxygens (including phenoxy) is 1. The van der Waals surface area contributed by atoms with Crippen molar-refractivity contribution in [2.24, 2.45) is 0 Å². The minimum Gasteiger partial charge on any atom is -0.485 e. The van der Waals surface area contributed by atoms with E-state index in [2.05, 4.69) is 9.88 Å². The lowest BCUT2D eigenvalue weighted by Gasteiger charge is -2.16. The van der Waals surface area contributed by atoms with Crippen LogP contribution in [0, 0.1) is 5.82 Å². The van der Waals surface area contributed by atoms with Crippen molar-refractivity contribution >= 4 is 5.82 Å². The van der Waals surface area contributed by atoms with E-state index >= 15 is 0 Å². The summed E-state index contributed by atoms with van der Waals surface area (Å²) in [6, 6.07) is 12.0. The molecule has 3 aromatic rings. The normalized spacial score (nSPS) is 14.6. The molecule has 0 bridgehead atoms. The van der Waals surface area contributed by atoms with Gasteiger partial charge in [0.1, 0.15) is 12.4 Å². The van der Waals surface area contributed by atoms with E-state index in [1.54, 1.807) is 12.3 Å². The standard InChI is InChI=1S/C24H23F4N3O/c25-20-7-8-21(24(26,27)28)19(11-20)15-32-22-12-18(13-30-23(22)29)17-5-3-16(4-6-17)14-31-9-1-2-10-31/h3-8,11-13H,1-2,9-10,14-15H2,(H2,29,30). The molecule has 0 spiro atoms. The lowest BCUT2D eigenvalue weighted by atomic mass is 10.0. The highest BCUT2D eigenvalue weighted by molar-refractivity contribution is 5.67. The molecule has 1 saturated heterocycles. The Morgan fingerprint density at radius 1 is 0.969 bits per heavy atom. The average molecular weight is 445 g/mol. The molecular weight excluding hydrogens is 422 g/mol. The Labute approximate surface area is 183 Å². The summed E-state index contributed by atoms with van der Waals surface area (Å²) < 4.78 is 58.7. The minimum absolute atomic E-state index is 0.0457. The second-order valence-electron chi connectivity index (χ2n) is 7.88. The molecule has 2 aromatic carbocycles. The number of likely N-dealkylation sites (tertiary alicyclic amines) is 1. The van der Waals surface area contributed by atoms with Crippen molar-refractivity contribution in [2.45, 2.75) is 32.2 Å². The van der Waals surface area contributed by atoms with Crippen LogP contribution in [0.3, 0.4) is 0 Å². The van der Waals surface area contributed by atoms with Gasteiger partial charge in [-0.25, -0.2) is 9.37 Å². The molecular formula is C24H23F4N3O. The van der Waals surface area contributed by atoms with Crippen LogP contribution in [0.1, 0.15) is 29.5 Å². The summed E-state index contributed by atoms with van der Waals surface area (Å²) in [5, 5.41) is 0. The van der Waals surface area contributed by atoms with Crippen LogP contribution in [0.15, 0.2) is 54.7 Å². The maximum atomic E-state index is 13.5. The van der Waals surface area contributed by atoms with Gasteiger partial charge >= 0.3 is 6.18 Å². The smallest absolute Gasteiger partial charge is 0.416 e. The Hall–Kier alpha value is -3.13. The summed E-state index contributed by atoms with van der Waals surface area (Å²) in [5.41, 5.74) is 7.42. The Bertz CT molecular complexity index is 1080. The van der Waals surface area contributed by atoms with Gasteiger partial charge in [0, 0.05) is 23.9 Å². The van der Waals surface area contributed by atoms with Crippen LogP contribution >= 0.6 is 0 Å². The van der Waals surface area contributed by atoms with Crippen LogP contribution < -0.4 is 10.5 Å². The van der Waals surface area contributed by atoms with Crippen molar-refractivity contribution < 1.29 is 22.3 Å². The van der Waals surface area contributed by atoms with Gasteiger partial charge in [-0.2, -0.15) is 13.2 Å². The maximum absolute atomic E-state index is 13.5. The van der Waals surface area contributed by atoms with Gasteiger partial charge < -0.3 is 10.5 Å². The summed E-state index contributed by atoms with van der Waals surface area (Å²) in [4.78, 5) is 6.52. The highest BCUT2D eigenvalue weighted by Crippen LogP contribution is 2.34. The molecule has 1 aliphatic heterocycles. The average Bonchev–Trinajstić information content (AvgIpc) is 3.26. The molecule has 0 amide bonds. The Balaban J connectivity index is 1.50. The topological polar surface area (TPSA) is 51.4 Å². The molecule has 32 heavy (non-hydrogen) atoms. The van der Waals surface area contributed by atoms with Gasteiger partial charge in [0.2, 0.25) is 0 Å². The third-order valence-electron chi connectivity index (χ3n) is 5.53. The molecule has 4 rings (SSSR count). The van der Waals surface area contributed by atoms with E-state index in [0.29, 0.717) is 6.07 Å². The van der Waals surface area contributed by atoms with Crippen molar-refractivity contribution in [3.63, 3.8) is 0 Å². The number of pyridine rings is 1. The van der Waals surface area contributed by atoms with Gasteiger partial charge in [0.05, 0.1) is 5.56 Å². The molecule has 168 valence electrons. The number of rotatable bonds is 6. The van der Waals surface area contributed by atoms with E-state index in [4.69, 9.17) is 10.5 Å². The number of alkyl halides is 3. The molecule has 4 nitrogen and oxygen atoms in total. The summed E-state index contributed by atoms with van der Waals surface area (Å²) >= 11 is 0. The third-order valence-corrected chi connectivity index (χ3v) is 5.53. The molecule has 8 heteroatoms. The van der Waals surface area contributed by atoms with Gasteiger partial charge in [-0.3, -0.25) is 4.90 Å². The predicted octanol–water partition coefficient (Wildman–Crippen LogP) is 5.66. The van der Waals surface area contributed by atoms with E-state index in [9.17, 15) is 17.6 Å². The molecule has 0 unspecified atom stereocenters. The summed E-state index contributed by atoms with van der Waals surface area (Å²) in [7, 11) is 0. The zero-order valence-corrected chi connectivity index (χ0v) is 17.3. The number of nitrogen functional groups attached to an aromatic ring is 1. The fourth-order valence-electron chi connectivity index (χ4n) is 3.84. The monoisotopic (exact) mass is 445 g/mol. The molecule has 0 saturated carbocycles. The van der Waals surface area contributed by atoms with Gasteiger partial charge in [-0.15, -0.1) is 0 Å². The summed E-state index contributed by atoms with van der Waals surface area (Å²) in [6.45, 7) is 2.65. The molecule has 0 aliphatic carbocycles. The van der Waals surface area contributed by atoms with Gasteiger partial charge in [0.25, 0.3) is 0 Å². The molecule has 2 N–H and O–H groups in total. The van der Waals surface area contributed by atoms with Gasteiger partial charge in [-0.1, -0.05) is 24.3 Å². The first-order chi connectivity index (χ1) is 15.3. The van der Waals surface area contributed by atoms with Crippen molar-refractivity contribution in [1.82, 2.24) is 9.88 Å². The van der Waals surface area contributed by atoms with Crippen LogP contribution in [0.4, 0.5) is 23.4 Å². The van der Waals surface area contributed by atoms with E-state index in [-0.39, 0.29) is 17.1 Å². The highest BCUT2D eigenvalue weighted by Gasteiger charge is 2.33. The number of halogens is 4. The van der Waals surface area contributed by atoms with Crippen molar-refractivity contribution in [1.29, 1.82) is 0 Å². The van der Waals surface area contributed by atoms with Gasteiger partial charge in [-0.05, 0) is 61.3 Å². The van der Waals surface area contributed by atoms with Crippen molar-refractivity contribution in [3.05, 3.63) is 77.2 Å². The summed E-state index contributed by atoms with van der Waals surface area (Å²) in [6.07, 6.45) is -0.564. The number of nitrogens with zero attached hydrogens (tertiary/aromatic N) is 2. The molecule has 1 aliphatic rings. The first-order valence-electron chi connectivity index (χ1n) is 10.4. The van der Waals surface area contributed by atoms with E-state index in [1.807, 2.05) is 24.3 Å². The van der Waals surface area contributed by atoms with Crippen LogP contribution in [-0.2, 0) is 19.3 Å². The predicted molar refractivity (Wildman–Crippen MR) is 114 cm³/mol. The molecule has 1 fully saturated rings. The first-order valence-corrected chi connectivity index (χ1v) is 10.4. The lowest BCUT2D eigenvalue weighted by Crippen LogP contribution is -2.18. The van der Waals surface area contributed by atoms with E-state index in [1.165, 1.54) is 18.4 Å². The Kier molecular flexibility index (Phi) is 6.32. The van der Waals surface area contributed by atoms with Crippen molar-refractivity contribution in [3.8, 4) is 16.9 Å². The quantitative estimate of drug-likeness (QED) is 0.497. The van der Waals surface area contributed by atoms with Crippen LogP contribution in [0.2, 0.25) is 0 Å². The second-order valence-corrected chi connectivity index (χ2v) is 7.88. The van der Waals surface area contributed by atoms with E-state index in [0.717, 1.165) is 42.9 Å². The number of hydrogen-bond donors (Lipinski definition) is 1. The number of nitrogens with two attached hydrogens (primary N) is 1. The lowest BCUT2D eigenvalue weighted by molar-refractivity contribution is -0.138. The molecule has 2 heterocycles. The number of aromatic nitrogens is 1. The second kappa shape index (κ2) is 9.16. The Morgan fingerprint density at radius 3 is 2.38 bits per heavy atom. The molecule has 0 radical (unpaired) electrons. The molecule has 1 aromatic heterocycles. The molecule has 0 atom stereocenters. The highest BCUT2D eigenvalue weighted by atomic mass is 19.4. The fraction of sp³-hybridized carbons (Fsp3) is 0.292. The third kappa shape index (κ3) is 5.19. The van der Waals surface area contributed by atoms with Crippen LogP contribution in [0.25, 0.3) is 11.1 Å². The van der Waals surface area contributed by atoms with Crippen LogP contribution in [0.5, 0.6) is 5.75 Å². The zero-order chi connectivity index (χ0) is 22.7. The fourth-order valence-corrected chi connectivity index (χ4v) is 3.84.